The third-order valence-electron chi connectivity index (χ3n) is 3.65. The van der Waals surface area contributed by atoms with Crippen molar-refractivity contribution in [3.8, 4) is 0 Å². The monoisotopic (exact) mass is 360 g/mol. The van der Waals surface area contributed by atoms with E-state index in [2.05, 4.69) is 16.7 Å². The van der Waals surface area contributed by atoms with Crippen molar-refractivity contribution in [2.24, 2.45) is 4.99 Å². The van der Waals surface area contributed by atoms with Crippen LogP contribution in [0.4, 0.5) is 0 Å². The summed E-state index contributed by atoms with van der Waals surface area (Å²) in [6.07, 6.45) is 1.78. The lowest BCUT2D eigenvalue weighted by Gasteiger charge is -2.00. The summed E-state index contributed by atoms with van der Waals surface area (Å²) < 4.78 is 4.71. The van der Waals surface area contributed by atoms with Crippen LogP contribution in [0, 0.1) is 6.92 Å². The molecule has 0 saturated carbocycles. The van der Waals surface area contributed by atoms with Crippen LogP contribution in [0.1, 0.15) is 23.1 Å². The van der Waals surface area contributed by atoms with E-state index in [4.69, 9.17) is 11.6 Å². The number of hydrogen-bond acceptors (Lipinski definition) is 3. The summed E-state index contributed by atoms with van der Waals surface area (Å²) >= 11 is 7.49. The van der Waals surface area contributed by atoms with E-state index in [9.17, 15) is 4.79 Å². The van der Waals surface area contributed by atoms with Gasteiger partial charge in [-0.05, 0) is 38.1 Å². The first-order chi connectivity index (χ1) is 11.5. The minimum absolute atomic E-state index is 0.347. The summed E-state index contributed by atoms with van der Waals surface area (Å²) in [5, 5.41) is 4.95. The Morgan fingerprint density at radius 2 is 2.25 bits per heavy atom. The van der Waals surface area contributed by atoms with Crippen LogP contribution in [0.3, 0.4) is 0 Å². The standard InChI is InChI=1S/C17H17ClN4OS/c1-4-8-21-14-7-6-12(18)10-15(14)24-17(21)19-16(23)13-9-11(3)22(5-2)20-13/h4,6-7,9-10H,1,5,8H2,2-3H3. The highest BCUT2D eigenvalue weighted by molar-refractivity contribution is 7.16. The van der Waals surface area contributed by atoms with Gasteiger partial charge in [0.2, 0.25) is 0 Å². The van der Waals surface area contributed by atoms with Crippen LogP contribution < -0.4 is 4.80 Å². The van der Waals surface area contributed by atoms with E-state index in [0.717, 1.165) is 22.5 Å². The first-order valence-corrected chi connectivity index (χ1v) is 8.76. The Morgan fingerprint density at radius 3 is 2.92 bits per heavy atom. The van der Waals surface area contributed by atoms with E-state index in [-0.39, 0.29) is 5.91 Å². The number of nitrogens with zero attached hydrogens (tertiary/aromatic N) is 4. The van der Waals surface area contributed by atoms with Crippen molar-refractivity contribution in [2.45, 2.75) is 26.9 Å². The first kappa shape index (κ1) is 16.7. The van der Waals surface area contributed by atoms with Crippen LogP contribution in [-0.4, -0.2) is 20.3 Å². The topological polar surface area (TPSA) is 52.2 Å². The zero-order chi connectivity index (χ0) is 17.3. The Bertz CT molecular complexity index is 996. The predicted octanol–water partition coefficient (Wildman–Crippen LogP) is 3.81. The highest BCUT2D eigenvalue weighted by Crippen LogP contribution is 2.22. The van der Waals surface area contributed by atoms with E-state index in [1.165, 1.54) is 11.3 Å². The van der Waals surface area contributed by atoms with Crippen LogP contribution >= 0.6 is 22.9 Å². The van der Waals surface area contributed by atoms with Crippen LogP contribution in [0.5, 0.6) is 0 Å². The Hall–Kier alpha value is -2.18. The highest BCUT2D eigenvalue weighted by atomic mass is 35.5. The molecule has 124 valence electrons. The average molecular weight is 361 g/mol. The number of amides is 1. The Kier molecular flexibility index (Phi) is 4.69. The van der Waals surface area contributed by atoms with Crippen molar-refractivity contribution in [3.63, 3.8) is 0 Å². The lowest BCUT2D eigenvalue weighted by atomic mass is 10.3. The van der Waals surface area contributed by atoms with Crippen molar-refractivity contribution < 1.29 is 4.79 Å². The maximum Gasteiger partial charge on any atom is 0.300 e. The van der Waals surface area contributed by atoms with E-state index in [0.29, 0.717) is 22.1 Å². The second-order valence-electron chi connectivity index (χ2n) is 5.30. The van der Waals surface area contributed by atoms with E-state index in [1.807, 2.05) is 36.6 Å². The fourth-order valence-corrected chi connectivity index (χ4v) is 3.83. The molecule has 0 N–H and O–H groups in total. The predicted molar refractivity (Wildman–Crippen MR) is 97.6 cm³/mol. The maximum atomic E-state index is 12.5. The molecule has 1 aromatic carbocycles. The maximum absolute atomic E-state index is 12.5. The van der Waals surface area contributed by atoms with Crippen molar-refractivity contribution in [3.05, 3.63) is 58.1 Å². The van der Waals surface area contributed by atoms with Gasteiger partial charge in [-0.1, -0.05) is 29.0 Å². The minimum Gasteiger partial charge on any atom is -0.312 e. The van der Waals surface area contributed by atoms with Crippen molar-refractivity contribution >= 4 is 39.1 Å². The van der Waals surface area contributed by atoms with Gasteiger partial charge >= 0.3 is 0 Å². The van der Waals surface area contributed by atoms with Gasteiger partial charge in [0.15, 0.2) is 10.5 Å². The molecule has 0 unspecified atom stereocenters. The van der Waals surface area contributed by atoms with Gasteiger partial charge < -0.3 is 4.57 Å². The number of carbonyl (C=O) groups excluding carboxylic acids is 1. The molecule has 0 bridgehead atoms. The molecule has 0 fully saturated rings. The zero-order valence-electron chi connectivity index (χ0n) is 13.5. The normalized spacial score (nSPS) is 12.0. The molecule has 3 rings (SSSR count). The van der Waals surface area contributed by atoms with Crippen LogP contribution in [-0.2, 0) is 13.1 Å². The summed E-state index contributed by atoms with van der Waals surface area (Å²) in [6.45, 7) is 8.97. The molecular weight excluding hydrogens is 344 g/mol. The molecule has 0 radical (unpaired) electrons. The lowest BCUT2D eigenvalue weighted by Crippen LogP contribution is -2.16. The number of halogens is 1. The Labute approximate surface area is 148 Å². The van der Waals surface area contributed by atoms with Gasteiger partial charge in [0.1, 0.15) is 0 Å². The largest absolute Gasteiger partial charge is 0.312 e. The fraction of sp³-hybridized carbons (Fsp3) is 0.235. The van der Waals surface area contributed by atoms with Crippen LogP contribution in [0.25, 0.3) is 10.2 Å². The molecule has 5 nitrogen and oxygen atoms in total. The van der Waals surface area contributed by atoms with Crippen molar-refractivity contribution in [1.29, 1.82) is 0 Å². The van der Waals surface area contributed by atoms with Crippen molar-refractivity contribution in [1.82, 2.24) is 14.3 Å². The summed E-state index contributed by atoms with van der Waals surface area (Å²) in [6, 6.07) is 7.39. The van der Waals surface area contributed by atoms with Gasteiger partial charge in [-0.25, -0.2) is 0 Å². The number of rotatable bonds is 4. The Morgan fingerprint density at radius 1 is 1.46 bits per heavy atom. The number of fused-ring (bicyclic) bond motifs is 1. The average Bonchev–Trinajstić information content (AvgIpc) is 3.08. The number of hydrogen-bond donors (Lipinski definition) is 0. The lowest BCUT2D eigenvalue weighted by molar-refractivity contribution is 0.0992. The minimum atomic E-state index is -0.347. The SMILES string of the molecule is C=CCn1c(=NC(=O)c2cc(C)n(CC)n2)sc2cc(Cl)ccc21. The molecular formula is C17H17ClN4OS. The van der Waals surface area contributed by atoms with Crippen molar-refractivity contribution in [2.75, 3.05) is 0 Å². The zero-order valence-corrected chi connectivity index (χ0v) is 15.1. The van der Waals surface area contributed by atoms with Gasteiger partial charge in [0.05, 0.1) is 10.2 Å². The molecule has 1 amide bonds. The molecule has 0 aliphatic carbocycles. The van der Waals surface area contributed by atoms with Gasteiger partial charge in [-0.2, -0.15) is 10.1 Å². The number of thiazole rings is 1. The molecule has 0 aliphatic rings. The third-order valence-corrected chi connectivity index (χ3v) is 4.93. The summed E-state index contributed by atoms with van der Waals surface area (Å²) in [5.74, 6) is -0.347. The summed E-state index contributed by atoms with van der Waals surface area (Å²) in [4.78, 5) is 17.4. The van der Waals surface area contributed by atoms with Gasteiger partial charge in [0.25, 0.3) is 5.91 Å². The second kappa shape index (κ2) is 6.75. The molecule has 24 heavy (non-hydrogen) atoms. The molecule has 0 atom stereocenters. The quantitative estimate of drug-likeness (QED) is 0.664. The molecule has 7 heteroatoms. The summed E-state index contributed by atoms with van der Waals surface area (Å²) in [7, 11) is 0. The van der Waals surface area contributed by atoms with E-state index < -0.39 is 0 Å². The number of carbonyl (C=O) groups is 1. The third kappa shape index (κ3) is 3.07. The Balaban J connectivity index is 2.12. The van der Waals surface area contributed by atoms with E-state index >= 15 is 0 Å². The van der Waals surface area contributed by atoms with Crippen LogP contribution in [0.15, 0.2) is 41.9 Å². The van der Waals surface area contributed by atoms with Gasteiger partial charge in [-0.15, -0.1) is 6.58 Å². The number of allylic oxidation sites excluding steroid dienone is 1. The molecule has 3 aromatic rings. The number of aromatic nitrogens is 3. The van der Waals surface area contributed by atoms with E-state index in [1.54, 1.807) is 16.8 Å². The molecule has 0 saturated heterocycles. The highest BCUT2D eigenvalue weighted by Gasteiger charge is 2.13. The van der Waals surface area contributed by atoms with Crippen LogP contribution in [0.2, 0.25) is 5.02 Å². The van der Waals surface area contributed by atoms with Gasteiger partial charge in [0, 0.05) is 23.8 Å². The molecule has 0 aliphatic heterocycles. The second-order valence-corrected chi connectivity index (χ2v) is 6.75. The molecule has 2 aromatic heterocycles. The summed E-state index contributed by atoms with van der Waals surface area (Å²) in [5.41, 5.74) is 2.28. The first-order valence-electron chi connectivity index (χ1n) is 7.56. The molecule has 2 heterocycles. The number of benzene rings is 1. The van der Waals surface area contributed by atoms with Gasteiger partial charge in [-0.3, -0.25) is 9.48 Å². The smallest absolute Gasteiger partial charge is 0.300 e. The fourth-order valence-electron chi connectivity index (χ4n) is 2.52. The number of aryl methyl sites for hydroxylation is 2. The molecule has 0 spiro atoms.